The van der Waals surface area contributed by atoms with Gasteiger partial charge in [0.2, 0.25) is 5.91 Å². The number of aromatic nitrogens is 2. The van der Waals surface area contributed by atoms with E-state index in [2.05, 4.69) is 15.3 Å². The fraction of sp³-hybridized carbons (Fsp3) is 0.500. The van der Waals surface area contributed by atoms with E-state index in [9.17, 15) is 4.79 Å². The van der Waals surface area contributed by atoms with Gasteiger partial charge in [0.05, 0.1) is 21.3 Å². The Morgan fingerprint density at radius 3 is 2.81 bits per heavy atom. The Bertz CT molecular complexity index is 667. The molecule has 0 bridgehead atoms. The summed E-state index contributed by atoms with van der Waals surface area (Å²) < 4.78 is 0. The Balaban J connectivity index is 1.71. The summed E-state index contributed by atoms with van der Waals surface area (Å²) in [6.45, 7) is 3.97. The summed E-state index contributed by atoms with van der Waals surface area (Å²) in [5.41, 5.74) is 1.88. The van der Waals surface area contributed by atoms with Crippen LogP contribution in [0.2, 0.25) is 0 Å². The number of halogens is 1. The van der Waals surface area contributed by atoms with E-state index in [0.717, 1.165) is 40.5 Å². The van der Waals surface area contributed by atoms with Gasteiger partial charge in [0.1, 0.15) is 0 Å². The van der Waals surface area contributed by atoms with E-state index in [1.165, 1.54) is 11.3 Å². The summed E-state index contributed by atoms with van der Waals surface area (Å²) in [6.07, 6.45) is 2.55. The molecule has 1 aliphatic carbocycles. The highest BCUT2D eigenvalue weighted by Gasteiger charge is 2.29. The Kier molecular flexibility index (Phi) is 4.28. The number of nitrogens with zero attached hydrogens (tertiary/aromatic N) is 2. The summed E-state index contributed by atoms with van der Waals surface area (Å²) in [4.78, 5) is 22.2. The molecule has 0 saturated heterocycles. The molecule has 0 radical (unpaired) electrons. The van der Waals surface area contributed by atoms with Gasteiger partial charge < -0.3 is 5.32 Å². The van der Waals surface area contributed by atoms with Crippen molar-refractivity contribution in [3.63, 3.8) is 0 Å². The largest absolute Gasteiger partial charge is 0.302 e. The molecule has 1 aliphatic rings. The van der Waals surface area contributed by atoms with Crippen molar-refractivity contribution in [1.82, 2.24) is 9.97 Å². The maximum absolute atomic E-state index is 12.2. The molecular weight excluding hydrogens is 326 g/mol. The number of alkyl halides is 1. The van der Waals surface area contributed by atoms with Crippen LogP contribution in [0.1, 0.15) is 30.0 Å². The molecule has 7 heteroatoms. The van der Waals surface area contributed by atoms with Crippen LogP contribution in [-0.4, -0.2) is 21.3 Å². The Hall–Kier alpha value is -0.980. The second-order valence-electron chi connectivity index (χ2n) is 5.28. The predicted molar refractivity (Wildman–Crippen MR) is 88.3 cm³/mol. The lowest BCUT2D eigenvalue weighted by Gasteiger charge is -2.07. The third-order valence-electron chi connectivity index (χ3n) is 3.61. The van der Waals surface area contributed by atoms with Crippen molar-refractivity contribution in [3.8, 4) is 10.6 Å². The van der Waals surface area contributed by atoms with E-state index in [1.54, 1.807) is 11.3 Å². The lowest BCUT2D eigenvalue weighted by Crippen LogP contribution is -2.20. The van der Waals surface area contributed by atoms with Crippen LogP contribution in [0.4, 0.5) is 5.13 Å². The van der Waals surface area contributed by atoms with Gasteiger partial charge >= 0.3 is 0 Å². The first kappa shape index (κ1) is 14.9. The first-order chi connectivity index (χ1) is 10.0. The topological polar surface area (TPSA) is 54.9 Å². The van der Waals surface area contributed by atoms with Gasteiger partial charge in [-0.2, -0.15) is 0 Å². The number of thiazole rings is 2. The van der Waals surface area contributed by atoms with Crippen LogP contribution in [0.25, 0.3) is 10.6 Å². The molecule has 2 aromatic rings. The van der Waals surface area contributed by atoms with Gasteiger partial charge in [-0.1, -0.05) is 0 Å². The lowest BCUT2D eigenvalue weighted by atomic mass is 10.1. The fourth-order valence-corrected chi connectivity index (χ4v) is 4.58. The molecule has 0 unspecified atom stereocenters. The van der Waals surface area contributed by atoms with E-state index < -0.39 is 0 Å². The van der Waals surface area contributed by atoms with Gasteiger partial charge in [0.15, 0.2) is 5.13 Å². The van der Waals surface area contributed by atoms with Crippen molar-refractivity contribution in [1.29, 1.82) is 0 Å². The Labute approximate surface area is 136 Å². The standard InChI is InChI=1S/C14H16ClN3OS2/c1-7-12(21-8(2)16-7)11-6-20-14(17-11)18-13(19)9-3-4-10(15)5-9/h6,9-10H,3-5H2,1-2H3,(H,17,18,19)/t9-,10-/m0/s1. The van der Waals surface area contributed by atoms with Crippen LogP contribution in [0, 0.1) is 19.8 Å². The molecule has 0 spiro atoms. The number of rotatable bonds is 3. The van der Waals surface area contributed by atoms with Gasteiger partial charge in [-0.25, -0.2) is 9.97 Å². The molecule has 4 nitrogen and oxygen atoms in total. The minimum Gasteiger partial charge on any atom is -0.302 e. The van der Waals surface area contributed by atoms with E-state index in [-0.39, 0.29) is 17.2 Å². The fourth-order valence-electron chi connectivity index (χ4n) is 2.58. The van der Waals surface area contributed by atoms with Crippen molar-refractivity contribution >= 4 is 45.3 Å². The second kappa shape index (κ2) is 6.02. The molecule has 2 heterocycles. The molecule has 0 aliphatic heterocycles. The Morgan fingerprint density at radius 2 is 2.19 bits per heavy atom. The number of carbonyl (C=O) groups is 1. The summed E-state index contributed by atoms with van der Waals surface area (Å²) in [5.74, 6) is 0.0588. The Morgan fingerprint density at radius 1 is 1.38 bits per heavy atom. The zero-order valence-electron chi connectivity index (χ0n) is 11.9. The molecule has 1 N–H and O–H groups in total. The van der Waals surface area contributed by atoms with Crippen molar-refractivity contribution in [2.24, 2.45) is 5.92 Å². The van der Waals surface area contributed by atoms with Crippen molar-refractivity contribution in [2.45, 2.75) is 38.5 Å². The maximum Gasteiger partial charge on any atom is 0.229 e. The summed E-state index contributed by atoms with van der Waals surface area (Å²) in [6, 6.07) is 0. The highest BCUT2D eigenvalue weighted by Crippen LogP contribution is 2.33. The molecule has 112 valence electrons. The number of nitrogens with one attached hydrogen (secondary N) is 1. The number of aryl methyl sites for hydroxylation is 2. The third-order valence-corrected chi connectivity index (χ3v) is 5.86. The molecule has 3 rings (SSSR count). The van der Waals surface area contributed by atoms with E-state index in [1.807, 2.05) is 19.2 Å². The normalized spacial score (nSPS) is 21.7. The van der Waals surface area contributed by atoms with Crippen LogP contribution in [0.15, 0.2) is 5.38 Å². The van der Waals surface area contributed by atoms with E-state index in [0.29, 0.717) is 5.13 Å². The molecule has 1 amide bonds. The first-order valence-electron chi connectivity index (χ1n) is 6.88. The SMILES string of the molecule is Cc1nc(C)c(-c2csc(NC(=O)[C@H]3CC[C@H](Cl)C3)n2)s1. The summed E-state index contributed by atoms with van der Waals surface area (Å²) in [7, 11) is 0. The van der Waals surface area contributed by atoms with Crippen LogP contribution in [0.3, 0.4) is 0 Å². The maximum atomic E-state index is 12.2. The van der Waals surface area contributed by atoms with Gasteiger partial charge in [0.25, 0.3) is 0 Å². The third kappa shape index (κ3) is 3.27. The molecule has 21 heavy (non-hydrogen) atoms. The highest BCUT2D eigenvalue weighted by atomic mass is 35.5. The van der Waals surface area contributed by atoms with Gasteiger partial charge in [-0.15, -0.1) is 34.3 Å². The molecule has 1 saturated carbocycles. The van der Waals surface area contributed by atoms with Gasteiger partial charge in [-0.05, 0) is 33.1 Å². The minimum atomic E-state index is 0.0206. The number of hydrogen-bond donors (Lipinski definition) is 1. The van der Waals surface area contributed by atoms with E-state index >= 15 is 0 Å². The monoisotopic (exact) mass is 341 g/mol. The predicted octanol–water partition coefficient (Wildman–Crippen LogP) is 4.23. The zero-order chi connectivity index (χ0) is 15.0. The zero-order valence-corrected chi connectivity index (χ0v) is 14.2. The number of carbonyl (C=O) groups excluding carboxylic acids is 1. The smallest absolute Gasteiger partial charge is 0.229 e. The summed E-state index contributed by atoms with van der Waals surface area (Å²) >= 11 is 9.14. The number of anilines is 1. The van der Waals surface area contributed by atoms with E-state index in [4.69, 9.17) is 11.6 Å². The van der Waals surface area contributed by atoms with Crippen LogP contribution >= 0.6 is 34.3 Å². The molecule has 0 aromatic carbocycles. The van der Waals surface area contributed by atoms with Crippen molar-refractivity contribution in [3.05, 3.63) is 16.1 Å². The quantitative estimate of drug-likeness (QED) is 0.850. The molecule has 2 atom stereocenters. The van der Waals surface area contributed by atoms with Crippen molar-refractivity contribution in [2.75, 3.05) is 5.32 Å². The van der Waals surface area contributed by atoms with Crippen LogP contribution < -0.4 is 5.32 Å². The average molecular weight is 342 g/mol. The van der Waals surface area contributed by atoms with Gasteiger partial charge in [-0.3, -0.25) is 4.79 Å². The number of amides is 1. The lowest BCUT2D eigenvalue weighted by molar-refractivity contribution is -0.119. The first-order valence-corrected chi connectivity index (χ1v) is 9.01. The van der Waals surface area contributed by atoms with Crippen LogP contribution in [0.5, 0.6) is 0 Å². The second-order valence-corrected chi connectivity index (χ2v) is 7.96. The van der Waals surface area contributed by atoms with Gasteiger partial charge in [0, 0.05) is 16.7 Å². The molecule has 1 fully saturated rings. The molecular formula is C14H16ClN3OS2. The van der Waals surface area contributed by atoms with Crippen LogP contribution in [-0.2, 0) is 4.79 Å². The van der Waals surface area contributed by atoms with Crippen molar-refractivity contribution < 1.29 is 4.79 Å². The number of hydrogen-bond acceptors (Lipinski definition) is 5. The highest BCUT2D eigenvalue weighted by molar-refractivity contribution is 7.16. The molecule has 2 aromatic heterocycles. The average Bonchev–Trinajstić information content (AvgIpc) is 3.10. The minimum absolute atomic E-state index is 0.0206. The summed E-state index contributed by atoms with van der Waals surface area (Å²) in [5, 5.41) is 6.70.